The minimum atomic E-state index is 0.495. The smallest absolute Gasteiger partial charge is 0.138 e. The number of hydrogen-bond acceptors (Lipinski definition) is 3. The fraction of sp³-hybridized carbons (Fsp3) is 0.250. The SMILES string of the molecule is CC(CN)Cc1ccc2nc(-c3ccncc3)[nH]c2c1. The van der Waals surface area contributed by atoms with E-state index in [0.29, 0.717) is 12.5 Å². The molecule has 3 rings (SSSR count). The van der Waals surface area contributed by atoms with Gasteiger partial charge in [-0.15, -0.1) is 0 Å². The maximum atomic E-state index is 5.69. The number of nitrogens with two attached hydrogens (primary N) is 1. The minimum Gasteiger partial charge on any atom is -0.338 e. The summed E-state index contributed by atoms with van der Waals surface area (Å²) < 4.78 is 0. The number of aromatic nitrogens is 3. The second kappa shape index (κ2) is 5.43. The third-order valence-electron chi connectivity index (χ3n) is 3.49. The highest BCUT2D eigenvalue weighted by Gasteiger charge is 2.07. The number of hydrogen-bond donors (Lipinski definition) is 2. The van der Waals surface area contributed by atoms with Gasteiger partial charge in [0.2, 0.25) is 0 Å². The third kappa shape index (κ3) is 2.56. The molecular weight excluding hydrogens is 248 g/mol. The van der Waals surface area contributed by atoms with Gasteiger partial charge in [-0.25, -0.2) is 4.98 Å². The van der Waals surface area contributed by atoms with E-state index in [-0.39, 0.29) is 0 Å². The first-order valence-electron chi connectivity index (χ1n) is 6.85. The molecule has 0 aliphatic heterocycles. The molecule has 0 aliphatic carbocycles. The van der Waals surface area contributed by atoms with Crippen LogP contribution >= 0.6 is 0 Å². The summed E-state index contributed by atoms with van der Waals surface area (Å²) in [4.78, 5) is 12.0. The second-order valence-electron chi connectivity index (χ2n) is 5.22. The van der Waals surface area contributed by atoms with Crippen LogP contribution in [0.5, 0.6) is 0 Å². The summed E-state index contributed by atoms with van der Waals surface area (Å²) in [6, 6.07) is 10.3. The molecule has 4 nitrogen and oxygen atoms in total. The van der Waals surface area contributed by atoms with Crippen molar-refractivity contribution in [2.75, 3.05) is 6.54 Å². The summed E-state index contributed by atoms with van der Waals surface area (Å²) in [5.41, 5.74) is 10.1. The lowest BCUT2D eigenvalue weighted by atomic mass is 10.0. The number of nitrogens with zero attached hydrogens (tertiary/aromatic N) is 2. The van der Waals surface area contributed by atoms with Gasteiger partial charge in [-0.2, -0.15) is 0 Å². The quantitative estimate of drug-likeness (QED) is 0.763. The van der Waals surface area contributed by atoms with E-state index in [9.17, 15) is 0 Å². The van der Waals surface area contributed by atoms with Crippen LogP contribution in [0.15, 0.2) is 42.7 Å². The van der Waals surface area contributed by atoms with Crippen LogP contribution in [0, 0.1) is 5.92 Å². The van der Waals surface area contributed by atoms with Crippen molar-refractivity contribution in [2.45, 2.75) is 13.3 Å². The van der Waals surface area contributed by atoms with Crippen LogP contribution in [0.2, 0.25) is 0 Å². The molecule has 2 aromatic heterocycles. The van der Waals surface area contributed by atoms with Gasteiger partial charge < -0.3 is 10.7 Å². The van der Waals surface area contributed by atoms with Crippen LogP contribution in [-0.4, -0.2) is 21.5 Å². The first-order valence-corrected chi connectivity index (χ1v) is 6.85. The Morgan fingerprint density at radius 2 is 2.00 bits per heavy atom. The van der Waals surface area contributed by atoms with E-state index < -0.39 is 0 Å². The van der Waals surface area contributed by atoms with Gasteiger partial charge in [0.15, 0.2) is 0 Å². The highest BCUT2D eigenvalue weighted by atomic mass is 14.9. The highest BCUT2D eigenvalue weighted by molar-refractivity contribution is 5.79. The number of imidazole rings is 1. The molecule has 2 heterocycles. The van der Waals surface area contributed by atoms with Crippen LogP contribution in [0.3, 0.4) is 0 Å². The Bertz CT molecular complexity index is 703. The minimum absolute atomic E-state index is 0.495. The van der Waals surface area contributed by atoms with E-state index in [0.717, 1.165) is 28.8 Å². The van der Waals surface area contributed by atoms with Gasteiger partial charge in [0.05, 0.1) is 11.0 Å². The molecule has 0 bridgehead atoms. The number of nitrogens with one attached hydrogen (secondary N) is 1. The van der Waals surface area contributed by atoms with Crippen LogP contribution in [0.25, 0.3) is 22.4 Å². The summed E-state index contributed by atoms with van der Waals surface area (Å²) in [6.45, 7) is 2.88. The molecule has 4 heteroatoms. The lowest BCUT2D eigenvalue weighted by Crippen LogP contribution is -2.12. The summed E-state index contributed by atoms with van der Waals surface area (Å²) in [6.07, 6.45) is 4.55. The number of benzene rings is 1. The van der Waals surface area contributed by atoms with Crippen molar-refractivity contribution in [1.82, 2.24) is 15.0 Å². The summed E-state index contributed by atoms with van der Waals surface area (Å²) in [7, 11) is 0. The topological polar surface area (TPSA) is 67.6 Å². The molecule has 1 unspecified atom stereocenters. The van der Waals surface area contributed by atoms with Gasteiger partial charge >= 0.3 is 0 Å². The molecule has 0 spiro atoms. The van der Waals surface area contributed by atoms with Crippen molar-refractivity contribution in [3.05, 3.63) is 48.3 Å². The molecular formula is C16H18N4. The lowest BCUT2D eigenvalue weighted by Gasteiger charge is -2.07. The highest BCUT2D eigenvalue weighted by Crippen LogP contribution is 2.21. The first-order chi connectivity index (χ1) is 9.76. The van der Waals surface area contributed by atoms with E-state index in [4.69, 9.17) is 5.73 Å². The molecule has 1 aromatic carbocycles. The maximum Gasteiger partial charge on any atom is 0.138 e. The Morgan fingerprint density at radius 1 is 1.20 bits per heavy atom. The fourth-order valence-corrected chi connectivity index (χ4v) is 2.32. The lowest BCUT2D eigenvalue weighted by molar-refractivity contribution is 0.593. The Hall–Kier alpha value is -2.20. The monoisotopic (exact) mass is 266 g/mol. The molecule has 20 heavy (non-hydrogen) atoms. The molecule has 1 atom stereocenters. The van der Waals surface area contributed by atoms with Crippen molar-refractivity contribution in [1.29, 1.82) is 0 Å². The number of aromatic amines is 1. The maximum absolute atomic E-state index is 5.69. The Balaban J connectivity index is 1.95. The summed E-state index contributed by atoms with van der Waals surface area (Å²) in [5, 5.41) is 0. The second-order valence-corrected chi connectivity index (χ2v) is 5.22. The molecule has 0 saturated heterocycles. The van der Waals surface area contributed by atoms with Crippen molar-refractivity contribution in [2.24, 2.45) is 11.7 Å². The average Bonchev–Trinajstić information content (AvgIpc) is 2.91. The van der Waals surface area contributed by atoms with Crippen molar-refractivity contribution in [3.8, 4) is 11.4 Å². The normalized spacial score (nSPS) is 12.7. The zero-order valence-corrected chi connectivity index (χ0v) is 11.5. The Morgan fingerprint density at radius 3 is 2.75 bits per heavy atom. The van der Waals surface area contributed by atoms with Gasteiger partial charge in [0.1, 0.15) is 5.82 Å². The molecule has 0 saturated carbocycles. The van der Waals surface area contributed by atoms with Crippen LogP contribution in [0.4, 0.5) is 0 Å². The van der Waals surface area contributed by atoms with Crippen LogP contribution in [0.1, 0.15) is 12.5 Å². The van der Waals surface area contributed by atoms with E-state index in [1.807, 2.05) is 12.1 Å². The summed E-state index contributed by atoms with van der Waals surface area (Å²) >= 11 is 0. The van der Waals surface area contributed by atoms with Crippen molar-refractivity contribution >= 4 is 11.0 Å². The number of fused-ring (bicyclic) bond motifs is 1. The zero-order chi connectivity index (χ0) is 13.9. The van der Waals surface area contributed by atoms with E-state index in [1.54, 1.807) is 12.4 Å². The average molecular weight is 266 g/mol. The van der Waals surface area contributed by atoms with Gasteiger partial charge in [-0.05, 0) is 48.7 Å². The van der Waals surface area contributed by atoms with Crippen LogP contribution in [-0.2, 0) is 6.42 Å². The van der Waals surface area contributed by atoms with Gasteiger partial charge in [0, 0.05) is 18.0 Å². The van der Waals surface area contributed by atoms with Crippen molar-refractivity contribution in [3.63, 3.8) is 0 Å². The van der Waals surface area contributed by atoms with Gasteiger partial charge in [-0.1, -0.05) is 13.0 Å². The summed E-state index contributed by atoms with van der Waals surface area (Å²) in [5.74, 6) is 1.38. The van der Waals surface area contributed by atoms with E-state index in [1.165, 1.54) is 5.56 Å². The molecule has 0 aliphatic rings. The number of pyridine rings is 1. The molecule has 0 fully saturated rings. The molecule has 3 N–H and O–H groups in total. The van der Waals surface area contributed by atoms with Gasteiger partial charge in [0.25, 0.3) is 0 Å². The number of H-pyrrole nitrogens is 1. The molecule has 0 radical (unpaired) electrons. The van der Waals surface area contributed by atoms with Gasteiger partial charge in [-0.3, -0.25) is 4.98 Å². The van der Waals surface area contributed by atoms with E-state index in [2.05, 4.69) is 40.1 Å². The fourth-order valence-electron chi connectivity index (χ4n) is 2.32. The van der Waals surface area contributed by atoms with Crippen molar-refractivity contribution < 1.29 is 0 Å². The predicted molar refractivity (Wildman–Crippen MR) is 81.2 cm³/mol. The predicted octanol–water partition coefficient (Wildman–Crippen LogP) is 2.76. The molecule has 3 aromatic rings. The number of rotatable bonds is 4. The largest absolute Gasteiger partial charge is 0.338 e. The molecule has 0 amide bonds. The zero-order valence-electron chi connectivity index (χ0n) is 11.5. The Labute approximate surface area is 118 Å². The third-order valence-corrected chi connectivity index (χ3v) is 3.49. The van der Waals surface area contributed by atoms with E-state index >= 15 is 0 Å². The first kappa shape index (κ1) is 12.8. The standard InChI is InChI=1S/C16H18N4/c1-11(10-17)8-12-2-3-14-15(9-12)20-16(19-14)13-4-6-18-7-5-13/h2-7,9,11H,8,10,17H2,1H3,(H,19,20). The Kier molecular flexibility index (Phi) is 3.48. The molecule has 102 valence electrons. The van der Waals surface area contributed by atoms with Crippen LogP contribution < -0.4 is 5.73 Å².